The Kier molecular flexibility index (Phi) is 4.59. The van der Waals surface area contributed by atoms with Crippen molar-refractivity contribution in [2.45, 2.75) is 4.90 Å². The van der Waals surface area contributed by atoms with Crippen molar-refractivity contribution in [2.75, 3.05) is 7.05 Å². The molecule has 7 nitrogen and oxygen atoms in total. The minimum absolute atomic E-state index is 0.122. The molecule has 0 atom stereocenters. The highest BCUT2D eigenvalue weighted by Gasteiger charge is 2.11. The Morgan fingerprint density at radius 2 is 2.17 bits per heavy atom. The fourth-order valence-electron chi connectivity index (χ4n) is 1.01. The molecule has 1 aromatic carbocycles. The van der Waals surface area contributed by atoms with E-state index in [9.17, 15) is 13.5 Å². The number of hydrogen-bond donors (Lipinski definition) is 4. The van der Waals surface area contributed by atoms with Gasteiger partial charge >= 0.3 is 0 Å². The van der Waals surface area contributed by atoms with Crippen LogP contribution >= 0.6 is 12.2 Å². The van der Waals surface area contributed by atoms with Crippen molar-refractivity contribution in [1.82, 2.24) is 10.7 Å². The first-order valence-electron chi connectivity index (χ1n) is 4.66. The predicted molar refractivity (Wildman–Crippen MR) is 70.3 cm³/mol. The van der Waals surface area contributed by atoms with Crippen molar-refractivity contribution in [3.05, 3.63) is 23.8 Å². The summed E-state index contributed by atoms with van der Waals surface area (Å²) in [7, 11) is -2.72. The van der Waals surface area contributed by atoms with Crippen LogP contribution in [0.15, 0.2) is 28.2 Å². The minimum atomic E-state index is -4.32. The van der Waals surface area contributed by atoms with Gasteiger partial charge in [0, 0.05) is 12.6 Å². The molecule has 0 bridgehead atoms. The van der Waals surface area contributed by atoms with Gasteiger partial charge in [-0.05, 0) is 30.4 Å². The van der Waals surface area contributed by atoms with Crippen LogP contribution in [0.1, 0.15) is 5.56 Å². The highest BCUT2D eigenvalue weighted by molar-refractivity contribution is 7.85. The Balaban J connectivity index is 2.99. The molecule has 0 spiro atoms. The lowest BCUT2D eigenvalue weighted by Gasteiger charge is -2.03. The molecule has 0 saturated carbocycles. The van der Waals surface area contributed by atoms with E-state index in [1.165, 1.54) is 6.21 Å². The summed E-state index contributed by atoms with van der Waals surface area (Å²) >= 11 is 4.75. The monoisotopic (exact) mass is 289 g/mol. The normalized spacial score (nSPS) is 11.4. The number of nitrogens with zero attached hydrogens (tertiary/aromatic N) is 1. The highest BCUT2D eigenvalue weighted by atomic mass is 32.2. The number of benzene rings is 1. The lowest BCUT2D eigenvalue weighted by Crippen LogP contribution is -2.28. The molecule has 18 heavy (non-hydrogen) atoms. The van der Waals surface area contributed by atoms with E-state index in [2.05, 4.69) is 15.8 Å². The zero-order valence-corrected chi connectivity index (χ0v) is 10.9. The summed E-state index contributed by atoms with van der Waals surface area (Å²) in [5.74, 6) is -0.177. The third-order valence-corrected chi connectivity index (χ3v) is 3.04. The summed E-state index contributed by atoms with van der Waals surface area (Å²) in [5.41, 5.74) is 2.55. The van der Waals surface area contributed by atoms with Crippen molar-refractivity contribution in [2.24, 2.45) is 5.10 Å². The Hall–Kier alpha value is -1.71. The molecule has 0 unspecified atom stereocenters. The van der Waals surface area contributed by atoms with E-state index in [1.807, 2.05) is 0 Å². The summed E-state index contributed by atoms with van der Waals surface area (Å²) in [6.07, 6.45) is 1.17. The van der Waals surface area contributed by atoms with E-state index in [-0.39, 0.29) is 21.3 Å². The van der Waals surface area contributed by atoms with Crippen molar-refractivity contribution in [3.63, 3.8) is 0 Å². The summed E-state index contributed by atoms with van der Waals surface area (Å²) in [6.45, 7) is 0. The molecule has 98 valence electrons. The van der Waals surface area contributed by atoms with Crippen LogP contribution in [-0.4, -0.2) is 36.5 Å². The van der Waals surface area contributed by atoms with Crippen LogP contribution in [0, 0.1) is 0 Å². The van der Waals surface area contributed by atoms with E-state index in [1.54, 1.807) is 7.05 Å². The van der Waals surface area contributed by atoms with Gasteiger partial charge in [-0.2, -0.15) is 13.5 Å². The van der Waals surface area contributed by atoms with Crippen molar-refractivity contribution < 1.29 is 18.1 Å². The molecule has 1 rings (SSSR count). The van der Waals surface area contributed by atoms with E-state index < -0.39 is 10.1 Å². The van der Waals surface area contributed by atoms with E-state index in [0.717, 1.165) is 18.2 Å². The summed E-state index contributed by atoms with van der Waals surface area (Å²) in [4.78, 5) is -0.335. The number of hydrogen-bond acceptors (Lipinski definition) is 5. The van der Waals surface area contributed by atoms with Gasteiger partial charge in [0.2, 0.25) is 0 Å². The molecular formula is C9H11N3O4S2. The molecule has 0 aliphatic heterocycles. The zero-order chi connectivity index (χ0) is 13.8. The lowest BCUT2D eigenvalue weighted by atomic mass is 10.2. The predicted octanol–water partition coefficient (Wildman–Crippen LogP) is 0.0667. The molecule has 0 heterocycles. The maximum Gasteiger partial charge on any atom is 0.294 e. The Morgan fingerprint density at radius 3 is 2.72 bits per heavy atom. The smallest absolute Gasteiger partial charge is 0.294 e. The first-order valence-corrected chi connectivity index (χ1v) is 6.50. The molecule has 4 N–H and O–H groups in total. The van der Waals surface area contributed by atoms with Gasteiger partial charge in [0.1, 0.15) is 5.75 Å². The highest BCUT2D eigenvalue weighted by Crippen LogP contribution is 2.19. The second-order valence-corrected chi connectivity index (χ2v) is 4.97. The van der Waals surface area contributed by atoms with E-state index in [0.29, 0.717) is 0 Å². The molecular weight excluding hydrogens is 278 g/mol. The van der Waals surface area contributed by atoms with Gasteiger partial charge in [-0.15, -0.1) is 0 Å². The van der Waals surface area contributed by atoms with Gasteiger partial charge in [-0.1, -0.05) is 0 Å². The van der Waals surface area contributed by atoms with Gasteiger partial charge < -0.3 is 10.4 Å². The third kappa shape index (κ3) is 3.95. The number of aromatic hydroxyl groups is 1. The first-order chi connectivity index (χ1) is 8.34. The summed E-state index contributed by atoms with van der Waals surface area (Å²) < 4.78 is 30.7. The molecule has 0 saturated heterocycles. The molecule has 0 aliphatic carbocycles. The van der Waals surface area contributed by atoms with Gasteiger partial charge in [0.05, 0.1) is 11.1 Å². The minimum Gasteiger partial charge on any atom is -0.507 e. The quantitative estimate of drug-likeness (QED) is 0.269. The fraction of sp³-hybridized carbons (Fsp3) is 0.111. The zero-order valence-electron chi connectivity index (χ0n) is 9.28. The van der Waals surface area contributed by atoms with Crippen LogP contribution in [0.3, 0.4) is 0 Å². The topological polar surface area (TPSA) is 111 Å². The van der Waals surface area contributed by atoms with Crippen molar-refractivity contribution in [1.29, 1.82) is 0 Å². The Morgan fingerprint density at radius 1 is 1.50 bits per heavy atom. The van der Waals surface area contributed by atoms with Crippen LogP contribution in [-0.2, 0) is 10.1 Å². The number of hydrazone groups is 1. The maximum atomic E-state index is 10.9. The summed E-state index contributed by atoms with van der Waals surface area (Å²) in [5, 5.41) is 16.0. The number of phenols is 1. The number of rotatable bonds is 3. The average Bonchev–Trinajstić information content (AvgIpc) is 2.29. The van der Waals surface area contributed by atoms with Crippen LogP contribution in [0.5, 0.6) is 5.75 Å². The molecule has 1 aromatic rings. The lowest BCUT2D eigenvalue weighted by molar-refractivity contribution is 0.472. The van der Waals surface area contributed by atoms with Gasteiger partial charge in [-0.3, -0.25) is 9.98 Å². The van der Waals surface area contributed by atoms with Crippen LogP contribution in [0.2, 0.25) is 0 Å². The second-order valence-electron chi connectivity index (χ2n) is 3.14. The SMILES string of the molecule is CNC(=S)N/N=C\c1cc(S(=O)(=O)O)ccc1O. The van der Waals surface area contributed by atoms with Gasteiger partial charge in [-0.25, -0.2) is 0 Å². The van der Waals surface area contributed by atoms with Crippen LogP contribution in [0.4, 0.5) is 0 Å². The molecule has 0 fully saturated rings. The third-order valence-electron chi connectivity index (χ3n) is 1.89. The van der Waals surface area contributed by atoms with Crippen molar-refractivity contribution in [3.8, 4) is 5.75 Å². The maximum absolute atomic E-state index is 10.9. The first kappa shape index (κ1) is 14.4. The van der Waals surface area contributed by atoms with Crippen LogP contribution < -0.4 is 10.7 Å². The van der Waals surface area contributed by atoms with Crippen molar-refractivity contribution >= 4 is 33.7 Å². The largest absolute Gasteiger partial charge is 0.507 e. The van der Waals surface area contributed by atoms with Gasteiger partial charge in [0.25, 0.3) is 10.1 Å². The van der Waals surface area contributed by atoms with Gasteiger partial charge in [0.15, 0.2) is 5.11 Å². The Bertz CT molecular complexity index is 583. The molecule has 0 amide bonds. The molecule has 0 aromatic heterocycles. The second kappa shape index (κ2) is 5.76. The Labute approximate surface area is 109 Å². The summed E-state index contributed by atoms with van der Waals surface area (Å²) in [6, 6.07) is 3.30. The number of phenolic OH excluding ortho intramolecular Hbond substituents is 1. The number of nitrogens with one attached hydrogen (secondary N) is 2. The number of thiocarbonyl (C=S) groups is 1. The standard InChI is InChI=1S/C9H11N3O4S2/c1-10-9(17)12-11-5-6-4-7(18(14,15)16)2-3-8(6)13/h2-5,13H,1H3,(H2,10,12,17)(H,14,15,16)/b11-5-. The molecule has 0 radical (unpaired) electrons. The average molecular weight is 289 g/mol. The fourth-order valence-corrected chi connectivity index (χ4v) is 1.58. The van der Waals surface area contributed by atoms with Crippen LogP contribution in [0.25, 0.3) is 0 Å². The van der Waals surface area contributed by atoms with E-state index in [4.69, 9.17) is 16.8 Å². The van der Waals surface area contributed by atoms with E-state index >= 15 is 0 Å². The molecule has 0 aliphatic rings. The molecule has 9 heteroatoms.